The number of carbonyl (C=O) groups is 1. The van der Waals surface area contributed by atoms with E-state index in [0.717, 1.165) is 39.6 Å². The van der Waals surface area contributed by atoms with Gasteiger partial charge in [-0.05, 0) is 89.3 Å². The van der Waals surface area contributed by atoms with E-state index in [-0.39, 0.29) is 24.9 Å². The second kappa shape index (κ2) is 12.0. The summed E-state index contributed by atoms with van der Waals surface area (Å²) in [4.78, 5) is 21.8. The molecule has 3 aromatic rings. The van der Waals surface area contributed by atoms with E-state index in [2.05, 4.69) is 30.9 Å². The Morgan fingerprint density at radius 3 is 2.28 bits per heavy atom. The molecule has 0 bridgehead atoms. The SMILES string of the molecule is CCOc1ccc(OCC(=O)N(CCCN(C)C)c2nc3c(C)c(C)ccc3s2)cc1.Cl. The van der Waals surface area contributed by atoms with Gasteiger partial charge in [0, 0.05) is 6.54 Å². The Kier molecular flexibility index (Phi) is 9.75. The number of ether oxygens (including phenoxy) is 2. The zero-order chi connectivity index (χ0) is 22.4. The summed E-state index contributed by atoms with van der Waals surface area (Å²) in [7, 11) is 4.07. The Bertz CT molecular complexity index is 1020. The third kappa shape index (κ3) is 6.58. The van der Waals surface area contributed by atoms with E-state index in [1.54, 1.807) is 16.2 Å². The van der Waals surface area contributed by atoms with Crippen molar-refractivity contribution in [2.75, 3.05) is 45.3 Å². The fourth-order valence-electron chi connectivity index (χ4n) is 3.22. The number of carbonyl (C=O) groups excluding carboxylic acids is 1. The minimum Gasteiger partial charge on any atom is -0.494 e. The van der Waals surface area contributed by atoms with Crippen molar-refractivity contribution in [3.8, 4) is 11.5 Å². The van der Waals surface area contributed by atoms with Crippen LogP contribution in [0.1, 0.15) is 24.5 Å². The summed E-state index contributed by atoms with van der Waals surface area (Å²) in [6.45, 7) is 8.17. The minimum atomic E-state index is -0.0962. The lowest BCUT2D eigenvalue weighted by atomic mass is 10.1. The first-order valence-electron chi connectivity index (χ1n) is 10.6. The van der Waals surface area contributed by atoms with Crippen molar-refractivity contribution in [3.63, 3.8) is 0 Å². The highest BCUT2D eigenvalue weighted by Crippen LogP contribution is 2.32. The molecule has 0 spiro atoms. The van der Waals surface area contributed by atoms with Gasteiger partial charge in [-0.3, -0.25) is 9.69 Å². The van der Waals surface area contributed by atoms with Crippen molar-refractivity contribution in [1.29, 1.82) is 0 Å². The maximum Gasteiger partial charge on any atom is 0.266 e. The fraction of sp³-hybridized carbons (Fsp3) is 0.417. The molecule has 1 heterocycles. The molecule has 0 atom stereocenters. The monoisotopic (exact) mass is 477 g/mol. The van der Waals surface area contributed by atoms with Crippen molar-refractivity contribution in [1.82, 2.24) is 9.88 Å². The van der Waals surface area contributed by atoms with E-state index < -0.39 is 0 Å². The predicted octanol–water partition coefficient (Wildman–Crippen LogP) is 5.10. The highest BCUT2D eigenvalue weighted by molar-refractivity contribution is 7.22. The van der Waals surface area contributed by atoms with E-state index in [4.69, 9.17) is 14.5 Å². The van der Waals surface area contributed by atoms with Gasteiger partial charge in [0.2, 0.25) is 0 Å². The fourth-order valence-corrected chi connectivity index (χ4v) is 4.29. The first-order valence-corrected chi connectivity index (χ1v) is 11.4. The van der Waals surface area contributed by atoms with Gasteiger partial charge < -0.3 is 14.4 Å². The summed E-state index contributed by atoms with van der Waals surface area (Å²) in [5.74, 6) is 1.33. The van der Waals surface area contributed by atoms with Crippen LogP contribution in [-0.4, -0.2) is 56.2 Å². The molecule has 8 heteroatoms. The first kappa shape index (κ1) is 25.9. The van der Waals surface area contributed by atoms with Crippen molar-refractivity contribution >= 4 is 45.0 Å². The summed E-state index contributed by atoms with van der Waals surface area (Å²) >= 11 is 1.55. The lowest BCUT2D eigenvalue weighted by Gasteiger charge is -2.21. The topological polar surface area (TPSA) is 54.9 Å². The van der Waals surface area contributed by atoms with Crippen LogP contribution in [0, 0.1) is 13.8 Å². The molecule has 6 nitrogen and oxygen atoms in total. The average molecular weight is 478 g/mol. The second-order valence-electron chi connectivity index (χ2n) is 7.75. The van der Waals surface area contributed by atoms with Crippen LogP contribution in [0.4, 0.5) is 5.13 Å². The molecule has 0 N–H and O–H groups in total. The second-order valence-corrected chi connectivity index (χ2v) is 8.76. The van der Waals surface area contributed by atoms with Crippen LogP contribution in [-0.2, 0) is 4.79 Å². The number of halogens is 1. The van der Waals surface area contributed by atoms with Gasteiger partial charge in [0.15, 0.2) is 11.7 Å². The third-order valence-corrected chi connectivity index (χ3v) is 6.13. The molecular weight excluding hydrogens is 446 g/mol. The summed E-state index contributed by atoms with van der Waals surface area (Å²) in [6.07, 6.45) is 0.857. The quantitative estimate of drug-likeness (QED) is 0.406. The van der Waals surface area contributed by atoms with Crippen LogP contribution in [0.3, 0.4) is 0 Å². The van der Waals surface area contributed by atoms with Crippen molar-refractivity contribution < 1.29 is 14.3 Å². The Labute approximate surface area is 200 Å². The zero-order valence-electron chi connectivity index (χ0n) is 19.4. The van der Waals surface area contributed by atoms with Crippen molar-refractivity contribution in [2.24, 2.45) is 0 Å². The number of hydrogen-bond acceptors (Lipinski definition) is 6. The predicted molar refractivity (Wildman–Crippen MR) is 135 cm³/mol. The molecule has 1 aromatic heterocycles. The molecule has 174 valence electrons. The standard InChI is InChI=1S/C24H31N3O3S.ClH/c1-6-29-19-9-11-20(12-10-19)30-16-22(28)27(15-7-14-26(4)5)24-25-23-18(3)17(2)8-13-21(23)31-24;/h8-13H,6-7,14-16H2,1-5H3;1H. The van der Waals surface area contributed by atoms with Gasteiger partial charge in [0.25, 0.3) is 5.91 Å². The largest absolute Gasteiger partial charge is 0.494 e. The Morgan fingerprint density at radius 1 is 1.00 bits per heavy atom. The number of aromatic nitrogens is 1. The first-order chi connectivity index (χ1) is 14.9. The van der Waals surface area contributed by atoms with E-state index in [1.807, 2.05) is 45.3 Å². The van der Waals surface area contributed by atoms with Gasteiger partial charge in [-0.25, -0.2) is 4.98 Å². The molecule has 0 saturated carbocycles. The highest BCUT2D eigenvalue weighted by Gasteiger charge is 2.21. The number of rotatable bonds is 10. The summed E-state index contributed by atoms with van der Waals surface area (Å²) in [6, 6.07) is 11.5. The number of amides is 1. The molecule has 0 unspecified atom stereocenters. The van der Waals surface area contributed by atoms with Gasteiger partial charge in [-0.2, -0.15) is 0 Å². The summed E-state index contributed by atoms with van der Waals surface area (Å²) < 4.78 is 12.3. The Morgan fingerprint density at radius 2 is 1.66 bits per heavy atom. The molecule has 1 amide bonds. The Balaban J connectivity index is 0.00000363. The van der Waals surface area contributed by atoms with Crippen LogP contribution >= 0.6 is 23.7 Å². The number of hydrogen-bond donors (Lipinski definition) is 0. The van der Waals surface area contributed by atoms with Crippen LogP contribution in [0.25, 0.3) is 10.2 Å². The van der Waals surface area contributed by atoms with Crippen LogP contribution in [0.5, 0.6) is 11.5 Å². The minimum absolute atomic E-state index is 0. The molecule has 2 aromatic carbocycles. The summed E-state index contributed by atoms with van der Waals surface area (Å²) in [5.41, 5.74) is 3.33. The molecule has 3 rings (SSSR count). The van der Waals surface area contributed by atoms with Crippen LogP contribution in [0.2, 0.25) is 0 Å². The molecular formula is C24H32ClN3O3S. The maximum atomic E-state index is 13.1. The molecule has 32 heavy (non-hydrogen) atoms. The molecule has 0 fully saturated rings. The number of nitrogens with zero attached hydrogens (tertiary/aromatic N) is 3. The normalized spacial score (nSPS) is 10.8. The van der Waals surface area contributed by atoms with Crippen molar-refractivity contribution in [3.05, 3.63) is 47.5 Å². The van der Waals surface area contributed by atoms with Crippen LogP contribution in [0.15, 0.2) is 36.4 Å². The number of aryl methyl sites for hydroxylation is 2. The highest BCUT2D eigenvalue weighted by atomic mass is 35.5. The Hall–Kier alpha value is -2.35. The van der Waals surface area contributed by atoms with Crippen LogP contribution < -0.4 is 14.4 Å². The van der Waals surface area contributed by atoms with Gasteiger partial charge >= 0.3 is 0 Å². The van der Waals surface area contributed by atoms with Gasteiger partial charge in [-0.1, -0.05) is 17.4 Å². The van der Waals surface area contributed by atoms with E-state index >= 15 is 0 Å². The number of anilines is 1. The van der Waals surface area contributed by atoms with Crippen molar-refractivity contribution in [2.45, 2.75) is 27.2 Å². The number of benzene rings is 2. The van der Waals surface area contributed by atoms with Gasteiger partial charge in [-0.15, -0.1) is 12.4 Å². The smallest absolute Gasteiger partial charge is 0.266 e. The molecule has 0 saturated heterocycles. The third-order valence-electron chi connectivity index (χ3n) is 5.09. The average Bonchev–Trinajstić information content (AvgIpc) is 3.18. The number of thiazole rings is 1. The van der Waals surface area contributed by atoms with E-state index in [1.165, 1.54) is 5.56 Å². The van der Waals surface area contributed by atoms with Gasteiger partial charge in [0.05, 0.1) is 16.8 Å². The lowest BCUT2D eigenvalue weighted by molar-refractivity contribution is -0.120. The zero-order valence-corrected chi connectivity index (χ0v) is 21.0. The van der Waals surface area contributed by atoms with E-state index in [9.17, 15) is 4.79 Å². The molecule has 0 aliphatic heterocycles. The lowest BCUT2D eigenvalue weighted by Crippen LogP contribution is -2.36. The molecule has 0 aliphatic carbocycles. The molecule has 0 aliphatic rings. The van der Waals surface area contributed by atoms with Gasteiger partial charge in [0.1, 0.15) is 11.5 Å². The summed E-state index contributed by atoms with van der Waals surface area (Å²) in [5, 5.41) is 0.725. The number of fused-ring (bicyclic) bond motifs is 1. The van der Waals surface area contributed by atoms with E-state index in [0.29, 0.717) is 18.9 Å². The molecule has 0 radical (unpaired) electrons. The maximum absolute atomic E-state index is 13.1.